The number of nitrogens with zero attached hydrogens (tertiary/aromatic N) is 1. The Kier molecular flexibility index (Phi) is 3.82. The van der Waals surface area contributed by atoms with Gasteiger partial charge in [-0.3, -0.25) is 9.59 Å². The predicted molar refractivity (Wildman–Crippen MR) is 74.2 cm³/mol. The first-order valence-electron chi connectivity index (χ1n) is 5.94. The zero-order valence-corrected chi connectivity index (χ0v) is 11.7. The van der Waals surface area contributed by atoms with Crippen molar-refractivity contribution in [3.05, 3.63) is 24.3 Å². The van der Waals surface area contributed by atoms with E-state index in [1.165, 1.54) is 4.90 Å². The van der Waals surface area contributed by atoms with E-state index in [1.54, 1.807) is 38.4 Å². The zero-order valence-electron chi connectivity index (χ0n) is 10.8. The maximum atomic E-state index is 11.7. The van der Waals surface area contributed by atoms with Gasteiger partial charge in [-0.25, -0.2) is 0 Å². The summed E-state index contributed by atoms with van der Waals surface area (Å²) < 4.78 is 0. The van der Waals surface area contributed by atoms with Crippen molar-refractivity contribution in [2.75, 3.05) is 19.4 Å². The standard InChI is InChI=1S/C13H16N2O3S/c1-15(2)12(17)19-10-5-3-4-9(8-10)14-11(16)13(18)6-7-13/h3-5,8,18H,6-7H2,1-2H3,(H,14,16). The quantitative estimate of drug-likeness (QED) is 0.830. The molecule has 1 aromatic carbocycles. The van der Waals surface area contributed by atoms with Gasteiger partial charge in [-0.15, -0.1) is 0 Å². The van der Waals surface area contributed by atoms with Crippen LogP contribution in [-0.4, -0.2) is 40.8 Å². The van der Waals surface area contributed by atoms with Gasteiger partial charge in [0.1, 0.15) is 5.60 Å². The van der Waals surface area contributed by atoms with Gasteiger partial charge in [-0.05, 0) is 42.8 Å². The van der Waals surface area contributed by atoms with Crippen molar-refractivity contribution in [3.8, 4) is 0 Å². The minimum Gasteiger partial charge on any atom is -0.380 e. The molecule has 1 fully saturated rings. The Balaban J connectivity index is 2.03. The number of hydrogen-bond acceptors (Lipinski definition) is 4. The van der Waals surface area contributed by atoms with Crippen molar-refractivity contribution in [2.45, 2.75) is 23.3 Å². The Labute approximate surface area is 116 Å². The molecule has 0 bridgehead atoms. The van der Waals surface area contributed by atoms with E-state index in [9.17, 15) is 14.7 Å². The summed E-state index contributed by atoms with van der Waals surface area (Å²) in [6, 6.07) is 7.01. The number of benzene rings is 1. The first-order chi connectivity index (χ1) is 8.90. The fourth-order valence-electron chi connectivity index (χ4n) is 1.42. The number of aliphatic hydroxyl groups is 1. The highest BCUT2D eigenvalue weighted by Gasteiger charge is 2.48. The molecule has 0 aliphatic heterocycles. The molecule has 6 heteroatoms. The highest BCUT2D eigenvalue weighted by molar-refractivity contribution is 8.13. The lowest BCUT2D eigenvalue weighted by Gasteiger charge is -2.11. The smallest absolute Gasteiger partial charge is 0.285 e. The van der Waals surface area contributed by atoms with E-state index in [0.29, 0.717) is 18.5 Å². The van der Waals surface area contributed by atoms with Crippen molar-refractivity contribution in [3.63, 3.8) is 0 Å². The fourth-order valence-corrected chi connectivity index (χ4v) is 2.14. The highest BCUT2D eigenvalue weighted by Crippen LogP contribution is 2.36. The molecule has 0 saturated heterocycles. The van der Waals surface area contributed by atoms with Crippen LogP contribution in [0.3, 0.4) is 0 Å². The van der Waals surface area contributed by atoms with Crippen LogP contribution in [0.2, 0.25) is 0 Å². The van der Waals surface area contributed by atoms with Gasteiger partial charge in [-0.2, -0.15) is 0 Å². The number of carbonyl (C=O) groups is 2. The lowest BCUT2D eigenvalue weighted by atomic mass is 10.2. The SMILES string of the molecule is CN(C)C(=O)Sc1cccc(NC(=O)C2(O)CC2)c1. The number of carbonyl (C=O) groups excluding carboxylic acids is 2. The van der Waals surface area contributed by atoms with E-state index in [-0.39, 0.29) is 11.1 Å². The Bertz CT molecular complexity index is 512. The van der Waals surface area contributed by atoms with Crippen molar-refractivity contribution in [1.29, 1.82) is 0 Å². The summed E-state index contributed by atoms with van der Waals surface area (Å²) in [6.07, 6.45) is 1.01. The molecule has 1 saturated carbocycles. The van der Waals surface area contributed by atoms with Crippen LogP contribution >= 0.6 is 11.8 Å². The minimum atomic E-state index is -1.19. The highest BCUT2D eigenvalue weighted by atomic mass is 32.2. The minimum absolute atomic E-state index is 0.0794. The summed E-state index contributed by atoms with van der Waals surface area (Å²) in [4.78, 5) is 25.5. The second kappa shape index (κ2) is 5.22. The third kappa shape index (κ3) is 3.48. The van der Waals surface area contributed by atoms with Gasteiger partial charge in [0.25, 0.3) is 11.1 Å². The molecule has 0 aromatic heterocycles. The molecule has 2 N–H and O–H groups in total. The average molecular weight is 280 g/mol. The Morgan fingerprint density at radius 1 is 1.37 bits per heavy atom. The van der Waals surface area contributed by atoms with Gasteiger partial charge >= 0.3 is 0 Å². The number of thioether (sulfide) groups is 1. The number of nitrogens with one attached hydrogen (secondary N) is 1. The molecule has 2 amide bonds. The van der Waals surface area contributed by atoms with E-state index in [0.717, 1.165) is 16.7 Å². The molecule has 0 unspecified atom stereocenters. The predicted octanol–water partition coefficient (Wildman–Crippen LogP) is 1.92. The third-order valence-corrected chi connectivity index (χ3v) is 3.84. The molecule has 1 aliphatic carbocycles. The molecule has 0 radical (unpaired) electrons. The van der Waals surface area contributed by atoms with Crippen LogP contribution in [0.1, 0.15) is 12.8 Å². The second-order valence-corrected chi connectivity index (χ2v) is 5.80. The van der Waals surface area contributed by atoms with Crippen molar-refractivity contribution in [1.82, 2.24) is 4.90 Å². The van der Waals surface area contributed by atoms with E-state index in [4.69, 9.17) is 0 Å². The Morgan fingerprint density at radius 3 is 2.63 bits per heavy atom. The van der Waals surface area contributed by atoms with Gasteiger partial charge < -0.3 is 15.3 Å². The molecule has 0 atom stereocenters. The largest absolute Gasteiger partial charge is 0.380 e. The molecule has 19 heavy (non-hydrogen) atoms. The number of amides is 2. The lowest BCUT2D eigenvalue weighted by Crippen LogP contribution is -2.29. The third-order valence-electron chi connectivity index (χ3n) is 2.81. The molecular weight excluding hydrogens is 264 g/mol. The number of anilines is 1. The topological polar surface area (TPSA) is 69.6 Å². The summed E-state index contributed by atoms with van der Waals surface area (Å²) in [5.74, 6) is -0.381. The van der Waals surface area contributed by atoms with Crippen molar-refractivity contribution < 1.29 is 14.7 Å². The van der Waals surface area contributed by atoms with E-state index >= 15 is 0 Å². The van der Waals surface area contributed by atoms with Crippen LogP contribution in [0.15, 0.2) is 29.2 Å². The monoisotopic (exact) mass is 280 g/mol. The maximum Gasteiger partial charge on any atom is 0.285 e. The number of hydrogen-bond donors (Lipinski definition) is 2. The van der Waals surface area contributed by atoms with Gasteiger partial charge in [0.15, 0.2) is 0 Å². The second-order valence-electron chi connectivity index (χ2n) is 4.78. The molecular formula is C13H16N2O3S. The first-order valence-corrected chi connectivity index (χ1v) is 6.75. The Hall–Kier alpha value is -1.53. The van der Waals surface area contributed by atoms with E-state index < -0.39 is 5.60 Å². The molecule has 5 nitrogen and oxygen atoms in total. The van der Waals surface area contributed by atoms with Crippen LogP contribution < -0.4 is 5.32 Å². The molecule has 1 aromatic rings. The fraction of sp³-hybridized carbons (Fsp3) is 0.385. The molecule has 0 spiro atoms. The zero-order chi connectivity index (χ0) is 14.0. The normalized spacial score (nSPS) is 15.7. The van der Waals surface area contributed by atoms with Gasteiger partial charge in [0.05, 0.1) is 0 Å². The maximum absolute atomic E-state index is 11.7. The van der Waals surface area contributed by atoms with Crippen molar-refractivity contribution >= 4 is 28.6 Å². The van der Waals surface area contributed by atoms with Crippen LogP contribution in [0, 0.1) is 0 Å². The summed E-state index contributed by atoms with van der Waals surface area (Å²) in [5, 5.41) is 12.2. The molecule has 1 aliphatic rings. The van der Waals surface area contributed by atoms with E-state index in [2.05, 4.69) is 5.32 Å². The van der Waals surface area contributed by atoms with Gasteiger partial charge in [-0.1, -0.05) is 6.07 Å². The first kappa shape index (κ1) is 13.9. The van der Waals surface area contributed by atoms with Crippen LogP contribution in [0.25, 0.3) is 0 Å². The molecule has 2 rings (SSSR count). The summed E-state index contributed by atoms with van der Waals surface area (Å²) >= 11 is 1.09. The number of rotatable bonds is 3. The summed E-state index contributed by atoms with van der Waals surface area (Å²) in [5.41, 5.74) is -0.607. The molecule has 0 heterocycles. The van der Waals surface area contributed by atoms with Gasteiger partial charge in [0.2, 0.25) is 0 Å². The van der Waals surface area contributed by atoms with Crippen LogP contribution in [-0.2, 0) is 4.79 Å². The van der Waals surface area contributed by atoms with Gasteiger partial charge in [0, 0.05) is 24.7 Å². The van der Waals surface area contributed by atoms with Crippen LogP contribution in [0.5, 0.6) is 0 Å². The average Bonchev–Trinajstić information content (AvgIpc) is 3.09. The molecule has 102 valence electrons. The summed E-state index contributed by atoms with van der Waals surface area (Å²) in [7, 11) is 3.37. The van der Waals surface area contributed by atoms with E-state index in [1.807, 2.05) is 0 Å². The van der Waals surface area contributed by atoms with Crippen LogP contribution in [0.4, 0.5) is 10.5 Å². The van der Waals surface area contributed by atoms with Crippen molar-refractivity contribution in [2.24, 2.45) is 0 Å². The Morgan fingerprint density at radius 2 is 2.05 bits per heavy atom. The summed E-state index contributed by atoms with van der Waals surface area (Å²) in [6.45, 7) is 0. The lowest BCUT2D eigenvalue weighted by molar-refractivity contribution is -0.125.